The molecule has 1 unspecified atom stereocenters. The molecule has 1 aromatic rings. The van der Waals surface area contributed by atoms with Gasteiger partial charge >= 0.3 is 0 Å². The molecule has 0 aliphatic carbocycles. The Bertz CT molecular complexity index is 388. The smallest absolute Gasteiger partial charge is 0.0776 e. The first-order valence-corrected chi connectivity index (χ1v) is 6.65. The number of halogens is 1. The zero-order valence-electron chi connectivity index (χ0n) is 9.99. The third-order valence-corrected chi connectivity index (χ3v) is 3.86. The molecule has 2 rings (SSSR count). The van der Waals surface area contributed by atoms with Gasteiger partial charge in [-0.1, -0.05) is 0 Å². The van der Waals surface area contributed by atoms with E-state index in [4.69, 9.17) is 5.73 Å². The summed E-state index contributed by atoms with van der Waals surface area (Å²) < 4.78 is 0.916. The zero-order chi connectivity index (χ0) is 12.5. The zero-order valence-corrected chi connectivity index (χ0v) is 11.6. The molecule has 0 aromatic carbocycles. The average molecular weight is 300 g/mol. The minimum absolute atomic E-state index is 0.553. The summed E-state index contributed by atoms with van der Waals surface area (Å²) in [7, 11) is 0. The van der Waals surface area contributed by atoms with Crippen molar-refractivity contribution in [1.29, 1.82) is 0 Å². The molecule has 0 radical (unpaired) electrons. The predicted molar refractivity (Wildman–Crippen MR) is 73.0 cm³/mol. The lowest BCUT2D eigenvalue weighted by molar-refractivity contribution is 0.0481. The molecule has 2 heterocycles. The molecule has 1 aliphatic heterocycles. The Kier molecular flexibility index (Phi) is 3.58. The maximum Gasteiger partial charge on any atom is 0.0776 e. The number of aromatic nitrogens is 1. The molecule has 17 heavy (non-hydrogen) atoms. The van der Waals surface area contributed by atoms with Gasteiger partial charge in [0.15, 0.2) is 0 Å². The summed E-state index contributed by atoms with van der Waals surface area (Å²) in [5.74, 6) is 0. The van der Waals surface area contributed by atoms with Crippen LogP contribution in [0.25, 0.3) is 0 Å². The molecular weight excluding hydrogens is 282 g/mol. The summed E-state index contributed by atoms with van der Waals surface area (Å²) in [6, 6.07) is 0. The highest BCUT2D eigenvalue weighted by Gasteiger charge is 2.26. The van der Waals surface area contributed by atoms with Gasteiger partial charge in [-0.15, -0.1) is 0 Å². The Balaban J connectivity index is 2.23. The number of nitrogens with two attached hydrogens (primary N) is 1. The number of hydrogen-bond donors (Lipinski definition) is 2. The number of nitrogens with zero attached hydrogens (tertiary/aromatic N) is 2. The summed E-state index contributed by atoms with van der Waals surface area (Å²) in [5.41, 5.74) is 7.10. The van der Waals surface area contributed by atoms with Crippen LogP contribution in [0, 0.1) is 0 Å². The molecule has 0 amide bonds. The van der Waals surface area contributed by atoms with Crippen LogP contribution in [-0.2, 0) is 0 Å². The van der Waals surface area contributed by atoms with Gasteiger partial charge in [-0.25, -0.2) is 0 Å². The standard InChI is InChI=1S/C12H18BrN3O/c1-12(17)3-2-5-16(6-4-12)11-9(13)7-15-8-10(11)14/h7-8,17H,2-6,14H2,1H3. The first kappa shape index (κ1) is 12.6. The molecule has 0 bridgehead atoms. The Morgan fingerprint density at radius 3 is 2.88 bits per heavy atom. The van der Waals surface area contributed by atoms with Crippen LogP contribution in [0.15, 0.2) is 16.9 Å². The number of nitrogen functional groups attached to an aromatic ring is 1. The first-order chi connectivity index (χ1) is 7.99. The minimum atomic E-state index is -0.553. The molecule has 4 nitrogen and oxygen atoms in total. The van der Waals surface area contributed by atoms with E-state index in [-0.39, 0.29) is 0 Å². The first-order valence-electron chi connectivity index (χ1n) is 5.86. The van der Waals surface area contributed by atoms with Crippen LogP contribution in [-0.4, -0.2) is 28.8 Å². The van der Waals surface area contributed by atoms with Crippen LogP contribution >= 0.6 is 15.9 Å². The molecule has 3 N–H and O–H groups in total. The molecule has 1 fully saturated rings. The highest BCUT2D eigenvalue weighted by atomic mass is 79.9. The van der Waals surface area contributed by atoms with Crippen molar-refractivity contribution in [3.63, 3.8) is 0 Å². The van der Waals surface area contributed by atoms with Crippen LogP contribution in [0.3, 0.4) is 0 Å². The van der Waals surface area contributed by atoms with E-state index in [1.807, 2.05) is 6.92 Å². The van der Waals surface area contributed by atoms with Gasteiger partial charge in [0.25, 0.3) is 0 Å². The fraction of sp³-hybridized carbons (Fsp3) is 0.583. The van der Waals surface area contributed by atoms with Crippen LogP contribution in [0.1, 0.15) is 26.2 Å². The summed E-state index contributed by atoms with van der Waals surface area (Å²) >= 11 is 3.49. The van der Waals surface area contributed by atoms with E-state index in [0.717, 1.165) is 42.5 Å². The second-order valence-electron chi connectivity index (χ2n) is 4.90. The van der Waals surface area contributed by atoms with E-state index in [1.54, 1.807) is 12.4 Å². The molecule has 1 aromatic heterocycles. The number of pyridine rings is 1. The molecule has 1 saturated heterocycles. The van der Waals surface area contributed by atoms with Crippen molar-refractivity contribution in [3.8, 4) is 0 Å². The largest absolute Gasteiger partial charge is 0.396 e. The molecular formula is C12H18BrN3O. The van der Waals surface area contributed by atoms with E-state index < -0.39 is 5.60 Å². The quantitative estimate of drug-likeness (QED) is 0.834. The molecule has 1 atom stereocenters. The van der Waals surface area contributed by atoms with Crippen molar-refractivity contribution in [3.05, 3.63) is 16.9 Å². The van der Waals surface area contributed by atoms with Crippen molar-refractivity contribution in [2.24, 2.45) is 0 Å². The van der Waals surface area contributed by atoms with E-state index in [1.165, 1.54) is 0 Å². The van der Waals surface area contributed by atoms with Gasteiger partial charge in [0.1, 0.15) is 0 Å². The maximum absolute atomic E-state index is 10.1. The van der Waals surface area contributed by atoms with Gasteiger partial charge in [0.2, 0.25) is 0 Å². The second kappa shape index (κ2) is 4.82. The lowest BCUT2D eigenvalue weighted by atomic mass is 9.98. The summed E-state index contributed by atoms with van der Waals surface area (Å²) in [5, 5.41) is 10.1. The molecule has 94 valence electrons. The van der Waals surface area contributed by atoms with Crippen molar-refractivity contribution in [1.82, 2.24) is 4.98 Å². The second-order valence-corrected chi connectivity index (χ2v) is 5.75. The fourth-order valence-corrected chi connectivity index (χ4v) is 2.86. The summed E-state index contributed by atoms with van der Waals surface area (Å²) in [6.45, 7) is 3.64. The Morgan fingerprint density at radius 2 is 2.18 bits per heavy atom. The topological polar surface area (TPSA) is 62.4 Å². The van der Waals surface area contributed by atoms with Crippen molar-refractivity contribution in [2.45, 2.75) is 31.8 Å². The normalized spacial score (nSPS) is 25.7. The number of hydrogen-bond acceptors (Lipinski definition) is 4. The van der Waals surface area contributed by atoms with E-state index >= 15 is 0 Å². The van der Waals surface area contributed by atoms with Gasteiger partial charge < -0.3 is 15.7 Å². The lowest BCUT2D eigenvalue weighted by Crippen LogP contribution is -2.29. The van der Waals surface area contributed by atoms with Crippen LogP contribution in [0.2, 0.25) is 0 Å². The average Bonchev–Trinajstić information content (AvgIpc) is 2.40. The van der Waals surface area contributed by atoms with E-state index in [2.05, 4.69) is 25.8 Å². The summed E-state index contributed by atoms with van der Waals surface area (Å²) in [6.07, 6.45) is 6.01. The molecule has 0 saturated carbocycles. The Morgan fingerprint density at radius 1 is 1.41 bits per heavy atom. The Labute approximate surface area is 110 Å². The van der Waals surface area contributed by atoms with Crippen LogP contribution in [0.4, 0.5) is 11.4 Å². The van der Waals surface area contributed by atoms with Crippen molar-refractivity contribution in [2.75, 3.05) is 23.7 Å². The van der Waals surface area contributed by atoms with E-state index in [0.29, 0.717) is 5.69 Å². The fourth-order valence-electron chi connectivity index (χ4n) is 2.26. The van der Waals surface area contributed by atoms with Gasteiger partial charge in [-0.05, 0) is 42.1 Å². The van der Waals surface area contributed by atoms with Gasteiger partial charge in [0.05, 0.1) is 27.6 Å². The summed E-state index contributed by atoms with van der Waals surface area (Å²) in [4.78, 5) is 6.27. The number of rotatable bonds is 1. The van der Waals surface area contributed by atoms with Gasteiger partial charge in [0, 0.05) is 19.3 Å². The third-order valence-electron chi connectivity index (χ3n) is 3.28. The molecule has 0 spiro atoms. The third kappa shape index (κ3) is 2.90. The number of anilines is 2. The van der Waals surface area contributed by atoms with Crippen LogP contribution in [0.5, 0.6) is 0 Å². The van der Waals surface area contributed by atoms with Crippen molar-refractivity contribution < 1.29 is 5.11 Å². The predicted octanol–water partition coefficient (Wildman–Crippen LogP) is 2.17. The monoisotopic (exact) mass is 299 g/mol. The van der Waals surface area contributed by atoms with Gasteiger partial charge in [-0.3, -0.25) is 4.98 Å². The van der Waals surface area contributed by atoms with Gasteiger partial charge in [-0.2, -0.15) is 0 Å². The molecule has 5 heteroatoms. The Hall–Kier alpha value is -0.810. The maximum atomic E-state index is 10.1. The highest BCUT2D eigenvalue weighted by molar-refractivity contribution is 9.10. The van der Waals surface area contributed by atoms with Crippen LogP contribution < -0.4 is 10.6 Å². The highest BCUT2D eigenvalue weighted by Crippen LogP contribution is 2.34. The van der Waals surface area contributed by atoms with Crippen molar-refractivity contribution >= 4 is 27.3 Å². The van der Waals surface area contributed by atoms with E-state index in [9.17, 15) is 5.11 Å². The minimum Gasteiger partial charge on any atom is -0.396 e. The lowest BCUT2D eigenvalue weighted by Gasteiger charge is -2.26. The molecule has 1 aliphatic rings. The number of aliphatic hydroxyl groups is 1. The SMILES string of the molecule is CC1(O)CCCN(c2c(N)cncc2Br)CC1.